The number of nitrogens with one attached hydrogen (secondary N) is 1. The van der Waals surface area contributed by atoms with Crippen molar-refractivity contribution in [1.82, 2.24) is 5.32 Å². The maximum Gasteiger partial charge on any atom is 0.256 e. The van der Waals surface area contributed by atoms with E-state index < -0.39 is 0 Å². The molecule has 0 saturated carbocycles. The van der Waals surface area contributed by atoms with Crippen LogP contribution in [0.2, 0.25) is 0 Å². The molecule has 1 N–H and O–H groups in total. The molecule has 0 aromatic heterocycles. The van der Waals surface area contributed by atoms with Crippen molar-refractivity contribution < 1.29 is 4.79 Å². The second kappa shape index (κ2) is 2.72. The molecule has 1 aliphatic heterocycles. The molecule has 1 aliphatic carbocycles. The van der Waals surface area contributed by atoms with E-state index in [9.17, 15) is 4.79 Å². The Labute approximate surface area is 89.0 Å². The number of amides is 1. The van der Waals surface area contributed by atoms with Crippen LogP contribution >= 0.6 is 0 Å². The third-order valence-electron chi connectivity index (χ3n) is 3.34. The smallest absolute Gasteiger partial charge is 0.256 e. The monoisotopic (exact) mass is 199 g/mol. The van der Waals surface area contributed by atoms with Gasteiger partial charge in [0.15, 0.2) is 0 Å². The standard InChI is InChI=1S/C13H13NO/c1-7-6-8(2)11-12-9(7)4-3-5-10(12)14-13(11)15/h5-6H,3-4H2,1-2H3,(H,14,15). The summed E-state index contributed by atoms with van der Waals surface area (Å²) in [6, 6.07) is 2.13. The second-order valence-corrected chi connectivity index (χ2v) is 4.35. The van der Waals surface area contributed by atoms with E-state index in [4.69, 9.17) is 0 Å². The zero-order valence-electron chi connectivity index (χ0n) is 8.98. The lowest BCUT2D eigenvalue weighted by molar-refractivity contribution is 0.0980. The summed E-state index contributed by atoms with van der Waals surface area (Å²) in [5.74, 6) is 0.0666. The first kappa shape index (κ1) is 8.72. The average Bonchev–Trinajstić information content (AvgIpc) is 2.51. The van der Waals surface area contributed by atoms with Gasteiger partial charge >= 0.3 is 0 Å². The third-order valence-corrected chi connectivity index (χ3v) is 3.34. The van der Waals surface area contributed by atoms with E-state index in [0.717, 1.165) is 29.7 Å². The SMILES string of the molecule is Cc1cc(C)c2c3c1CCC=C3NC2=O. The van der Waals surface area contributed by atoms with Gasteiger partial charge in [-0.3, -0.25) is 4.79 Å². The van der Waals surface area contributed by atoms with E-state index in [1.54, 1.807) is 0 Å². The third kappa shape index (κ3) is 1.02. The van der Waals surface area contributed by atoms with Crippen LogP contribution in [-0.2, 0) is 6.42 Å². The number of carbonyl (C=O) groups is 1. The lowest BCUT2D eigenvalue weighted by Gasteiger charge is -2.16. The molecular weight excluding hydrogens is 186 g/mol. The molecule has 1 aromatic rings. The summed E-state index contributed by atoms with van der Waals surface area (Å²) < 4.78 is 0. The van der Waals surface area contributed by atoms with Gasteiger partial charge in [-0.1, -0.05) is 12.1 Å². The number of hydrogen-bond acceptors (Lipinski definition) is 1. The van der Waals surface area contributed by atoms with Crippen molar-refractivity contribution in [2.45, 2.75) is 26.7 Å². The van der Waals surface area contributed by atoms with Crippen LogP contribution in [0.25, 0.3) is 5.70 Å². The Kier molecular flexibility index (Phi) is 1.58. The fourth-order valence-electron chi connectivity index (χ4n) is 2.70. The van der Waals surface area contributed by atoms with Gasteiger partial charge in [-0.2, -0.15) is 0 Å². The van der Waals surface area contributed by atoms with Gasteiger partial charge in [0.2, 0.25) is 0 Å². The van der Waals surface area contributed by atoms with Gasteiger partial charge in [0.1, 0.15) is 0 Å². The van der Waals surface area contributed by atoms with Crippen LogP contribution in [0, 0.1) is 13.8 Å². The largest absolute Gasteiger partial charge is 0.322 e. The molecule has 2 heteroatoms. The summed E-state index contributed by atoms with van der Waals surface area (Å²) in [5, 5.41) is 2.95. The van der Waals surface area contributed by atoms with E-state index in [2.05, 4.69) is 24.4 Å². The quantitative estimate of drug-likeness (QED) is 0.682. The summed E-state index contributed by atoms with van der Waals surface area (Å²) in [4.78, 5) is 11.8. The fraction of sp³-hybridized carbons (Fsp3) is 0.308. The topological polar surface area (TPSA) is 29.1 Å². The Morgan fingerprint density at radius 1 is 1.20 bits per heavy atom. The normalized spacial score (nSPS) is 17.2. The molecular formula is C13H13NO. The molecule has 0 spiro atoms. The van der Waals surface area contributed by atoms with Crippen molar-refractivity contribution in [2.24, 2.45) is 0 Å². The van der Waals surface area contributed by atoms with E-state index in [1.807, 2.05) is 6.92 Å². The lowest BCUT2D eigenvalue weighted by Crippen LogP contribution is -2.13. The van der Waals surface area contributed by atoms with Gasteiger partial charge in [0, 0.05) is 11.3 Å². The summed E-state index contributed by atoms with van der Waals surface area (Å²) in [6.45, 7) is 4.15. The minimum atomic E-state index is 0.0666. The summed E-state index contributed by atoms with van der Waals surface area (Å²) in [7, 11) is 0. The molecule has 2 aliphatic rings. The van der Waals surface area contributed by atoms with Crippen molar-refractivity contribution in [3.05, 3.63) is 40.0 Å². The average molecular weight is 199 g/mol. The first-order valence-electron chi connectivity index (χ1n) is 5.33. The molecule has 0 bridgehead atoms. The number of allylic oxidation sites excluding steroid dienone is 1. The van der Waals surface area contributed by atoms with Crippen molar-refractivity contribution in [3.8, 4) is 0 Å². The molecule has 76 valence electrons. The Balaban J connectivity index is 2.43. The van der Waals surface area contributed by atoms with Crippen molar-refractivity contribution >= 4 is 11.6 Å². The predicted octanol–water partition coefficient (Wildman–Crippen LogP) is 2.33. The zero-order chi connectivity index (χ0) is 10.6. The molecule has 1 aromatic carbocycles. The Morgan fingerprint density at radius 2 is 2.00 bits per heavy atom. The number of aryl methyl sites for hydroxylation is 2. The molecule has 0 unspecified atom stereocenters. The van der Waals surface area contributed by atoms with Crippen LogP contribution in [0.1, 0.15) is 39.0 Å². The predicted molar refractivity (Wildman–Crippen MR) is 59.7 cm³/mol. The Hall–Kier alpha value is -1.57. The first-order chi connectivity index (χ1) is 7.18. The van der Waals surface area contributed by atoms with Crippen LogP contribution in [0.4, 0.5) is 0 Å². The molecule has 0 radical (unpaired) electrons. The van der Waals surface area contributed by atoms with Gasteiger partial charge < -0.3 is 5.32 Å². The maximum atomic E-state index is 11.8. The van der Waals surface area contributed by atoms with Crippen LogP contribution in [0.5, 0.6) is 0 Å². The minimum Gasteiger partial charge on any atom is -0.322 e. The van der Waals surface area contributed by atoms with Gasteiger partial charge in [-0.15, -0.1) is 0 Å². The van der Waals surface area contributed by atoms with Gasteiger partial charge in [-0.25, -0.2) is 0 Å². The van der Waals surface area contributed by atoms with Crippen molar-refractivity contribution in [3.63, 3.8) is 0 Å². The molecule has 0 fully saturated rings. The van der Waals surface area contributed by atoms with Crippen molar-refractivity contribution in [2.75, 3.05) is 0 Å². The van der Waals surface area contributed by atoms with Crippen LogP contribution in [0.3, 0.4) is 0 Å². The highest BCUT2D eigenvalue weighted by atomic mass is 16.1. The number of hydrogen-bond donors (Lipinski definition) is 1. The number of rotatable bonds is 0. The number of benzene rings is 1. The zero-order valence-corrected chi connectivity index (χ0v) is 8.98. The molecule has 2 nitrogen and oxygen atoms in total. The van der Waals surface area contributed by atoms with Gasteiger partial charge in [0.05, 0.1) is 5.56 Å². The summed E-state index contributed by atoms with van der Waals surface area (Å²) >= 11 is 0. The maximum absolute atomic E-state index is 11.8. The van der Waals surface area contributed by atoms with E-state index in [1.165, 1.54) is 16.7 Å². The Morgan fingerprint density at radius 3 is 2.80 bits per heavy atom. The van der Waals surface area contributed by atoms with E-state index in [0.29, 0.717) is 0 Å². The highest BCUT2D eigenvalue weighted by molar-refractivity contribution is 6.11. The molecule has 1 amide bonds. The lowest BCUT2D eigenvalue weighted by atomic mass is 9.87. The van der Waals surface area contributed by atoms with Crippen LogP contribution in [0.15, 0.2) is 12.1 Å². The first-order valence-corrected chi connectivity index (χ1v) is 5.33. The second-order valence-electron chi connectivity index (χ2n) is 4.35. The van der Waals surface area contributed by atoms with Crippen LogP contribution in [-0.4, -0.2) is 5.91 Å². The molecule has 15 heavy (non-hydrogen) atoms. The summed E-state index contributed by atoms with van der Waals surface area (Å²) in [6.07, 6.45) is 4.23. The Bertz CT molecular complexity index is 512. The highest BCUT2D eigenvalue weighted by Crippen LogP contribution is 2.36. The number of carbonyl (C=O) groups excluding carboxylic acids is 1. The highest BCUT2D eigenvalue weighted by Gasteiger charge is 2.30. The minimum absolute atomic E-state index is 0.0666. The summed E-state index contributed by atoms with van der Waals surface area (Å²) in [5.41, 5.74) is 6.85. The van der Waals surface area contributed by atoms with Gasteiger partial charge in [-0.05, 0) is 43.4 Å². The fourth-order valence-corrected chi connectivity index (χ4v) is 2.70. The van der Waals surface area contributed by atoms with Gasteiger partial charge in [0.25, 0.3) is 5.91 Å². The molecule has 0 saturated heterocycles. The van der Waals surface area contributed by atoms with E-state index in [-0.39, 0.29) is 5.91 Å². The van der Waals surface area contributed by atoms with Crippen molar-refractivity contribution in [1.29, 1.82) is 0 Å². The van der Waals surface area contributed by atoms with E-state index >= 15 is 0 Å². The molecule has 0 atom stereocenters. The molecule has 1 heterocycles. The molecule has 3 rings (SSSR count). The van der Waals surface area contributed by atoms with Crippen LogP contribution < -0.4 is 5.32 Å².